The Balaban J connectivity index is 2.14. The average molecular weight is 315 g/mol. The fraction of sp³-hybridized carbons (Fsp3) is 0.625. The van der Waals surface area contributed by atoms with Crippen LogP contribution in [0.3, 0.4) is 0 Å². The van der Waals surface area contributed by atoms with Crippen molar-refractivity contribution in [3.63, 3.8) is 0 Å². The average Bonchev–Trinajstić information content (AvgIpc) is 2.48. The number of hydrogen-bond acceptors (Lipinski definition) is 2. The molecule has 0 spiro atoms. The second-order valence-electron chi connectivity index (χ2n) is 5.86. The van der Waals surface area contributed by atoms with Gasteiger partial charge in [0.25, 0.3) is 0 Å². The van der Waals surface area contributed by atoms with Crippen molar-refractivity contribution in [2.24, 2.45) is 11.7 Å². The van der Waals surface area contributed by atoms with Crippen LogP contribution in [0.5, 0.6) is 0 Å². The van der Waals surface area contributed by atoms with Crippen molar-refractivity contribution < 1.29 is 0 Å². The minimum atomic E-state index is 0.321. The van der Waals surface area contributed by atoms with E-state index in [1.165, 1.54) is 31.2 Å². The van der Waals surface area contributed by atoms with Crippen LogP contribution in [0.15, 0.2) is 18.2 Å². The van der Waals surface area contributed by atoms with E-state index in [2.05, 4.69) is 24.9 Å². The molecule has 1 aromatic carbocycles. The Morgan fingerprint density at radius 1 is 1.25 bits per heavy atom. The summed E-state index contributed by atoms with van der Waals surface area (Å²) in [5.41, 5.74) is 7.16. The van der Waals surface area contributed by atoms with Crippen LogP contribution in [-0.4, -0.2) is 24.5 Å². The molecule has 20 heavy (non-hydrogen) atoms. The van der Waals surface area contributed by atoms with Crippen LogP contribution in [0.2, 0.25) is 10.0 Å². The molecule has 0 amide bonds. The summed E-state index contributed by atoms with van der Waals surface area (Å²) >= 11 is 12.1. The number of nitrogens with zero attached hydrogens (tertiary/aromatic N) is 1. The predicted octanol–water partition coefficient (Wildman–Crippen LogP) is 4.50. The third-order valence-electron chi connectivity index (χ3n) is 4.73. The number of hydrogen-bond donors (Lipinski definition) is 1. The van der Waals surface area contributed by atoms with Gasteiger partial charge in [-0.1, -0.05) is 42.1 Å². The van der Waals surface area contributed by atoms with E-state index < -0.39 is 0 Å². The lowest BCUT2D eigenvalue weighted by Gasteiger charge is -2.40. The molecule has 1 fully saturated rings. The highest BCUT2D eigenvalue weighted by Crippen LogP contribution is 2.33. The van der Waals surface area contributed by atoms with Gasteiger partial charge >= 0.3 is 0 Å². The quantitative estimate of drug-likeness (QED) is 0.886. The summed E-state index contributed by atoms with van der Waals surface area (Å²) in [4.78, 5) is 2.45. The zero-order valence-corrected chi connectivity index (χ0v) is 13.8. The van der Waals surface area contributed by atoms with Crippen LogP contribution in [0.25, 0.3) is 0 Å². The first-order valence-corrected chi connectivity index (χ1v) is 8.17. The largest absolute Gasteiger partial charge is 0.330 e. The molecule has 1 saturated carbocycles. The topological polar surface area (TPSA) is 29.3 Å². The van der Waals surface area contributed by atoms with Crippen LogP contribution < -0.4 is 5.73 Å². The van der Waals surface area contributed by atoms with E-state index in [0.717, 1.165) is 6.54 Å². The zero-order valence-electron chi connectivity index (χ0n) is 12.3. The molecule has 1 aliphatic rings. The van der Waals surface area contributed by atoms with E-state index in [1.54, 1.807) is 0 Å². The molecule has 0 radical (unpaired) electrons. The maximum absolute atomic E-state index is 6.13. The Morgan fingerprint density at radius 3 is 2.60 bits per heavy atom. The van der Waals surface area contributed by atoms with Crippen molar-refractivity contribution >= 4 is 23.2 Å². The first-order chi connectivity index (χ1) is 9.54. The van der Waals surface area contributed by atoms with Gasteiger partial charge in [-0.2, -0.15) is 0 Å². The van der Waals surface area contributed by atoms with Gasteiger partial charge in [0.1, 0.15) is 0 Å². The minimum absolute atomic E-state index is 0.321. The van der Waals surface area contributed by atoms with Crippen molar-refractivity contribution in [2.75, 3.05) is 13.6 Å². The molecule has 3 unspecified atom stereocenters. The molecule has 112 valence electrons. The van der Waals surface area contributed by atoms with Crippen molar-refractivity contribution in [1.29, 1.82) is 0 Å². The van der Waals surface area contributed by atoms with E-state index in [9.17, 15) is 0 Å². The maximum Gasteiger partial charge on any atom is 0.0595 e. The van der Waals surface area contributed by atoms with Gasteiger partial charge in [0, 0.05) is 12.1 Å². The molecule has 0 aromatic heterocycles. The molecular weight excluding hydrogens is 291 g/mol. The first kappa shape index (κ1) is 16.1. The summed E-state index contributed by atoms with van der Waals surface area (Å²) in [5, 5.41) is 1.24. The standard InChI is InChI=1S/C16H24Cl2N2/c1-11(12-7-8-14(17)15(18)9-12)20(2)16-6-4-3-5-13(16)10-19/h7-9,11,13,16H,3-6,10,19H2,1-2H3. The Bertz CT molecular complexity index is 450. The lowest BCUT2D eigenvalue weighted by molar-refractivity contribution is 0.0989. The lowest BCUT2D eigenvalue weighted by Crippen LogP contribution is -2.44. The number of halogens is 2. The molecule has 0 aliphatic heterocycles. The van der Waals surface area contributed by atoms with E-state index in [0.29, 0.717) is 28.0 Å². The number of nitrogens with two attached hydrogens (primary N) is 1. The van der Waals surface area contributed by atoms with Gasteiger partial charge in [-0.15, -0.1) is 0 Å². The molecule has 2 rings (SSSR count). The van der Waals surface area contributed by atoms with E-state index in [-0.39, 0.29) is 0 Å². The Morgan fingerprint density at radius 2 is 1.95 bits per heavy atom. The van der Waals surface area contributed by atoms with Gasteiger partial charge in [-0.05, 0) is 57.0 Å². The summed E-state index contributed by atoms with van der Waals surface area (Å²) in [6.07, 6.45) is 5.11. The van der Waals surface area contributed by atoms with Gasteiger partial charge in [0.05, 0.1) is 10.0 Å². The highest BCUT2D eigenvalue weighted by Gasteiger charge is 2.30. The molecule has 1 aromatic rings. The normalized spacial score (nSPS) is 24.9. The molecule has 0 bridgehead atoms. The van der Waals surface area contributed by atoms with Gasteiger partial charge in [-0.3, -0.25) is 4.90 Å². The molecule has 0 saturated heterocycles. The Kier molecular flexibility index (Phi) is 5.74. The van der Waals surface area contributed by atoms with Gasteiger partial charge in [-0.25, -0.2) is 0 Å². The van der Waals surface area contributed by atoms with Crippen molar-refractivity contribution in [3.05, 3.63) is 33.8 Å². The maximum atomic E-state index is 6.13. The van der Waals surface area contributed by atoms with Crippen LogP contribution >= 0.6 is 23.2 Å². The van der Waals surface area contributed by atoms with Crippen LogP contribution in [0.4, 0.5) is 0 Å². The molecule has 1 aliphatic carbocycles. The summed E-state index contributed by atoms with van der Waals surface area (Å²) in [6, 6.07) is 6.81. The van der Waals surface area contributed by atoms with Crippen LogP contribution in [-0.2, 0) is 0 Å². The van der Waals surface area contributed by atoms with Crippen molar-refractivity contribution in [2.45, 2.75) is 44.7 Å². The zero-order chi connectivity index (χ0) is 14.7. The molecular formula is C16H24Cl2N2. The molecule has 2 nitrogen and oxygen atoms in total. The fourth-order valence-corrected chi connectivity index (χ4v) is 3.60. The second-order valence-corrected chi connectivity index (χ2v) is 6.68. The fourth-order valence-electron chi connectivity index (χ4n) is 3.29. The van der Waals surface area contributed by atoms with Crippen molar-refractivity contribution in [1.82, 2.24) is 4.90 Å². The second kappa shape index (κ2) is 7.13. The van der Waals surface area contributed by atoms with Crippen LogP contribution in [0.1, 0.15) is 44.2 Å². The molecule has 3 atom stereocenters. The van der Waals surface area contributed by atoms with E-state index >= 15 is 0 Å². The van der Waals surface area contributed by atoms with E-state index in [1.807, 2.05) is 12.1 Å². The van der Waals surface area contributed by atoms with Gasteiger partial charge in [0.15, 0.2) is 0 Å². The summed E-state index contributed by atoms with van der Waals surface area (Å²) in [7, 11) is 2.20. The smallest absolute Gasteiger partial charge is 0.0595 e. The number of rotatable bonds is 4. The molecule has 2 N–H and O–H groups in total. The highest BCUT2D eigenvalue weighted by molar-refractivity contribution is 6.42. The molecule has 0 heterocycles. The summed E-state index contributed by atoms with van der Waals surface area (Å²) < 4.78 is 0. The summed E-state index contributed by atoms with van der Waals surface area (Å²) in [6.45, 7) is 3.00. The van der Waals surface area contributed by atoms with Gasteiger partial charge < -0.3 is 5.73 Å². The van der Waals surface area contributed by atoms with E-state index in [4.69, 9.17) is 28.9 Å². The van der Waals surface area contributed by atoms with Crippen LogP contribution in [0, 0.1) is 5.92 Å². The highest BCUT2D eigenvalue weighted by atomic mass is 35.5. The SMILES string of the molecule is CC(c1ccc(Cl)c(Cl)c1)N(C)C1CCCCC1CN. The first-order valence-electron chi connectivity index (χ1n) is 7.41. The lowest BCUT2D eigenvalue weighted by atomic mass is 9.83. The third-order valence-corrected chi connectivity index (χ3v) is 5.47. The summed E-state index contributed by atoms with van der Waals surface area (Å²) in [5.74, 6) is 0.610. The monoisotopic (exact) mass is 314 g/mol. The minimum Gasteiger partial charge on any atom is -0.330 e. The van der Waals surface area contributed by atoms with Gasteiger partial charge in [0.2, 0.25) is 0 Å². The number of benzene rings is 1. The van der Waals surface area contributed by atoms with Crippen molar-refractivity contribution in [3.8, 4) is 0 Å². The Hall–Kier alpha value is -0.280. The predicted molar refractivity (Wildman–Crippen MR) is 87.4 cm³/mol. The third kappa shape index (κ3) is 3.48. The Labute approximate surface area is 132 Å². The molecule has 4 heteroatoms.